The summed E-state index contributed by atoms with van der Waals surface area (Å²) >= 11 is 0. The third-order valence-electron chi connectivity index (χ3n) is 2.96. The lowest BCUT2D eigenvalue weighted by atomic mass is 9.95. The normalized spacial score (nSPS) is 45.7. The van der Waals surface area contributed by atoms with Gasteiger partial charge in [0.1, 0.15) is 24.4 Å². The van der Waals surface area contributed by atoms with Crippen molar-refractivity contribution in [2.45, 2.75) is 50.9 Å². The standard InChI is InChI=1S/C11H15NO3/c1-6-12-9-7(13-6)4-5-8-10(9)15-11(2,3)14-8/h4-5,7-10H,1-3H3/t7-,8-,9-,10+/m0/s1. The average Bonchev–Trinajstić information content (AvgIpc) is 2.62. The molecule has 1 saturated heterocycles. The third-order valence-corrected chi connectivity index (χ3v) is 2.96. The lowest BCUT2D eigenvalue weighted by Crippen LogP contribution is -2.42. The Morgan fingerprint density at radius 2 is 1.93 bits per heavy atom. The number of hydrogen-bond donors (Lipinski definition) is 0. The summed E-state index contributed by atoms with van der Waals surface area (Å²) in [6, 6.07) is 0.0572. The summed E-state index contributed by atoms with van der Waals surface area (Å²) in [5, 5.41) is 0. The van der Waals surface area contributed by atoms with Crippen molar-refractivity contribution in [3.8, 4) is 0 Å². The molecular weight excluding hydrogens is 194 g/mol. The molecule has 0 saturated carbocycles. The van der Waals surface area contributed by atoms with Crippen molar-refractivity contribution >= 4 is 5.90 Å². The summed E-state index contributed by atoms with van der Waals surface area (Å²) in [4.78, 5) is 4.46. The first-order valence-corrected chi connectivity index (χ1v) is 5.30. The molecule has 82 valence electrons. The lowest BCUT2D eigenvalue weighted by Gasteiger charge is -2.26. The predicted molar refractivity (Wildman–Crippen MR) is 54.7 cm³/mol. The minimum atomic E-state index is -0.513. The highest BCUT2D eigenvalue weighted by Crippen LogP contribution is 2.37. The Kier molecular flexibility index (Phi) is 1.77. The van der Waals surface area contributed by atoms with Crippen molar-refractivity contribution in [1.29, 1.82) is 0 Å². The Hall–Kier alpha value is -0.870. The van der Waals surface area contributed by atoms with E-state index in [4.69, 9.17) is 14.2 Å². The number of hydrogen-bond acceptors (Lipinski definition) is 4. The number of fused-ring (bicyclic) bond motifs is 3. The zero-order chi connectivity index (χ0) is 10.6. The molecule has 0 spiro atoms. The van der Waals surface area contributed by atoms with E-state index in [1.54, 1.807) is 0 Å². The van der Waals surface area contributed by atoms with Gasteiger partial charge >= 0.3 is 0 Å². The summed E-state index contributed by atoms with van der Waals surface area (Å²) in [6.45, 7) is 5.74. The molecule has 0 amide bonds. The van der Waals surface area contributed by atoms with Crippen LogP contribution in [0.4, 0.5) is 0 Å². The van der Waals surface area contributed by atoms with Gasteiger partial charge in [-0.05, 0) is 19.9 Å². The molecule has 0 aromatic heterocycles. The molecule has 0 radical (unpaired) electrons. The molecular formula is C11H15NO3. The minimum absolute atomic E-state index is 0.00699. The Labute approximate surface area is 88.9 Å². The van der Waals surface area contributed by atoms with E-state index in [1.807, 2.05) is 32.9 Å². The molecule has 4 heteroatoms. The van der Waals surface area contributed by atoms with E-state index in [1.165, 1.54) is 0 Å². The van der Waals surface area contributed by atoms with Crippen LogP contribution in [0.1, 0.15) is 20.8 Å². The number of nitrogens with zero attached hydrogens (tertiary/aromatic N) is 1. The topological polar surface area (TPSA) is 40.0 Å². The Bertz CT molecular complexity index is 348. The van der Waals surface area contributed by atoms with Gasteiger partial charge < -0.3 is 14.2 Å². The largest absolute Gasteiger partial charge is 0.471 e. The van der Waals surface area contributed by atoms with Crippen LogP contribution in [0.3, 0.4) is 0 Å². The molecule has 0 N–H and O–H groups in total. The van der Waals surface area contributed by atoms with Crippen LogP contribution in [0.25, 0.3) is 0 Å². The van der Waals surface area contributed by atoms with Crippen molar-refractivity contribution in [1.82, 2.24) is 0 Å². The van der Waals surface area contributed by atoms with Gasteiger partial charge in [0.2, 0.25) is 0 Å². The van der Waals surface area contributed by atoms with E-state index in [-0.39, 0.29) is 24.4 Å². The predicted octanol–water partition coefficient (Wildman–Crippen LogP) is 1.26. The Morgan fingerprint density at radius 1 is 1.20 bits per heavy atom. The second-order valence-corrected chi connectivity index (χ2v) is 4.67. The molecule has 4 nitrogen and oxygen atoms in total. The van der Waals surface area contributed by atoms with Gasteiger partial charge in [-0.2, -0.15) is 0 Å². The van der Waals surface area contributed by atoms with Gasteiger partial charge in [-0.1, -0.05) is 6.08 Å². The second-order valence-electron chi connectivity index (χ2n) is 4.67. The number of ether oxygens (including phenoxy) is 3. The first-order valence-electron chi connectivity index (χ1n) is 5.30. The summed E-state index contributed by atoms with van der Waals surface area (Å²) < 4.78 is 17.2. The van der Waals surface area contributed by atoms with Crippen LogP contribution in [-0.2, 0) is 14.2 Å². The molecule has 15 heavy (non-hydrogen) atoms. The van der Waals surface area contributed by atoms with Crippen molar-refractivity contribution in [3.05, 3.63) is 12.2 Å². The van der Waals surface area contributed by atoms with E-state index < -0.39 is 5.79 Å². The highest BCUT2D eigenvalue weighted by Gasteiger charge is 2.50. The lowest BCUT2D eigenvalue weighted by molar-refractivity contribution is -0.144. The van der Waals surface area contributed by atoms with Crippen LogP contribution in [-0.4, -0.2) is 36.0 Å². The molecule has 2 aliphatic heterocycles. The second kappa shape index (κ2) is 2.83. The van der Waals surface area contributed by atoms with Gasteiger partial charge in [0.15, 0.2) is 11.7 Å². The van der Waals surface area contributed by atoms with Gasteiger partial charge in [0.05, 0.1) is 0 Å². The average molecular weight is 209 g/mol. The van der Waals surface area contributed by atoms with Crippen molar-refractivity contribution < 1.29 is 14.2 Å². The first-order chi connectivity index (χ1) is 7.05. The molecule has 0 unspecified atom stereocenters. The quantitative estimate of drug-likeness (QED) is 0.564. The number of rotatable bonds is 0. The van der Waals surface area contributed by atoms with Crippen molar-refractivity contribution in [2.75, 3.05) is 0 Å². The zero-order valence-corrected chi connectivity index (χ0v) is 9.14. The summed E-state index contributed by atoms with van der Waals surface area (Å²) in [5.41, 5.74) is 0. The fraction of sp³-hybridized carbons (Fsp3) is 0.727. The Balaban J connectivity index is 1.91. The van der Waals surface area contributed by atoms with E-state index in [0.29, 0.717) is 0 Å². The highest BCUT2D eigenvalue weighted by molar-refractivity contribution is 5.75. The van der Waals surface area contributed by atoms with E-state index in [2.05, 4.69) is 4.99 Å². The van der Waals surface area contributed by atoms with Gasteiger partial charge in [-0.15, -0.1) is 0 Å². The van der Waals surface area contributed by atoms with Crippen LogP contribution in [0.5, 0.6) is 0 Å². The molecule has 1 aliphatic carbocycles. The van der Waals surface area contributed by atoms with Gasteiger partial charge in [-0.3, -0.25) is 0 Å². The van der Waals surface area contributed by atoms with Crippen LogP contribution in [0, 0.1) is 0 Å². The monoisotopic (exact) mass is 209 g/mol. The van der Waals surface area contributed by atoms with E-state index in [0.717, 1.165) is 5.90 Å². The summed E-state index contributed by atoms with van der Waals surface area (Å²) in [5.74, 6) is 0.226. The molecule has 1 fully saturated rings. The molecule has 3 rings (SSSR count). The maximum Gasteiger partial charge on any atom is 0.181 e. The maximum absolute atomic E-state index is 5.85. The SMILES string of the molecule is CC1=N[C@@H]2[C@@H]3OC(C)(C)O[C@H]3C=C[C@@H]2O1. The molecule has 0 aromatic carbocycles. The molecule has 2 heterocycles. The van der Waals surface area contributed by atoms with Crippen LogP contribution < -0.4 is 0 Å². The fourth-order valence-corrected chi connectivity index (χ4v) is 2.44. The van der Waals surface area contributed by atoms with E-state index in [9.17, 15) is 0 Å². The third kappa shape index (κ3) is 1.40. The highest BCUT2D eigenvalue weighted by atomic mass is 16.8. The zero-order valence-electron chi connectivity index (χ0n) is 9.14. The van der Waals surface area contributed by atoms with Crippen LogP contribution in [0.2, 0.25) is 0 Å². The van der Waals surface area contributed by atoms with Gasteiger partial charge in [-0.25, -0.2) is 4.99 Å². The smallest absolute Gasteiger partial charge is 0.181 e. The van der Waals surface area contributed by atoms with E-state index >= 15 is 0 Å². The van der Waals surface area contributed by atoms with Crippen molar-refractivity contribution in [2.24, 2.45) is 4.99 Å². The van der Waals surface area contributed by atoms with Gasteiger partial charge in [0.25, 0.3) is 0 Å². The minimum Gasteiger partial charge on any atom is -0.471 e. The summed E-state index contributed by atoms with van der Waals surface area (Å²) in [6.07, 6.45) is 4.08. The maximum atomic E-state index is 5.85. The fourth-order valence-electron chi connectivity index (χ4n) is 2.44. The Morgan fingerprint density at radius 3 is 2.73 bits per heavy atom. The molecule has 0 aromatic rings. The molecule has 0 bridgehead atoms. The van der Waals surface area contributed by atoms with Crippen molar-refractivity contribution in [3.63, 3.8) is 0 Å². The molecule has 3 aliphatic rings. The first kappa shape index (κ1) is 9.36. The molecule has 4 atom stereocenters. The van der Waals surface area contributed by atoms with Gasteiger partial charge in [0, 0.05) is 6.92 Å². The van der Waals surface area contributed by atoms with Crippen LogP contribution in [0.15, 0.2) is 17.1 Å². The number of aliphatic imine (C=N–C) groups is 1. The summed E-state index contributed by atoms with van der Waals surface area (Å²) in [7, 11) is 0. The van der Waals surface area contributed by atoms with Crippen LogP contribution >= 0.6 is 0 Å².